The van der Waals surface area contributed by atoms with Crippen LogP contribution in [0, 0.1) is 0 Å². The molecule has 2 aliphatic heterocycles. The molecule has 2 bridgehead atoms. The van der Waals surface area contributed by atoms with Crippen LogP contribution in [0.4, 0.5) is 4.79 Å². The second-order valence-corrected chi connectivity index (χ2v) is 7.22. The molecule has 2 fully saturated rings. The molecule has 4 rings (SSSR count). The Balaban J connectivity index is 1.32. The van der Waals surface area contributed by atoms with Gasteiger partial charge in [0.05, 0.1) is 25.4 Å². The van der Waals surface area contributed by atoms with Crippen LogP contribution in [0.15, 0.2) is 18.2 Å². The molecule has 0 aromatic heterocycles. The Labute approximate surface area is 143 Å². The molecule has 2 amide bonds. The zero-order chi connectivity index (χ0) is 16.5. The number of nitrogens with one attached hydrogen (secondary N) is 2. The van der Waals surface area contributed by atoms with Gasteiger partial charge < -0.3 is 20.1 Å². The Bertz CT molecular complexity index is 619. The van der Waals surface area contributed by atoms with E-state index < -0.39 is 0 Å². The Hall–Kier alpha value is -1.75. The van der Waals surface area contributed by atoms with Crippen LogP contribution in [-0.4, -0.2) is 37.9 Å². The van der Waals surface area contributed by atoms with Crippen molar-refractivity contribution in [2.75, 3.05) is 13.7 Å². The standard InChI is InChI=1S/C19H26N2O3/c1-23-14-5-7-16-12(9-14)3-2-4-13(16)11-20-19(22)21-17-10-15-6-8-18(17)24-15/h5,7,9,13,15,17-18H,2-4,6,8,10-11H2,1H3,(H2,20,21,22). The molecule has 2 N–H and O–H groups in total. The Morgan fingerprint density at radius 1 is 1.33 bits per heavy atom. The molecular weight excluding hydrogens is 304 g/mol. The molecule has 0 spiro atoms. The number of rotatable bonds is 4. The molecule has 5 nitrogen and oxygen atoms in total. The number of ether oxygens (including phenoxy) is 2. The first-order chi connectivity index (χ1) is 11.7. The number of aryl methyl sites for hydroxylation is 1. The number of urea groups is 1. The number of fused-ring (bicyclic) bond motifs is 3. The molecule has 0 radical (unpaired) electrons. The number of benzene rings is 1. The molecule has 130 valence electrons. The van der Waals surface area contributed by atoms with Crippen molar-refractivity contribution in [3.05, 3.63) is 29.3 Å². The van der Waals surface area contributed by atoms with E-state index in [1.165, 1.54) is 11.1 Å². The average Bonchev–Trinajstić information content (AvgIpc) is 3.22. The lowest BCUT2D eigenvalue weighted by Crippen LogP contribution is -2.47. The van der Waals surface area contributed by atoms with Gasteiger partial charge in [-0.25, -0.2) is 4.79 Å². The van der Waals surface area contributed by atoms with Crippen molar-refractivity contribution in [2.24, 2.45) is 0 Å². The number of hydrogen-bond donors (Lipinski definition) is 2. The summed E-state index contributed by atoms with van der Waals surface area (Å²) in [6.07, 6.45) is 7.15. The van der Waals surface area contributed by atoms with E-state index >= 15 is 0 Å². The van der Waals surface area contributed by atoms with Gasteiger partial charge in [0.2, 0.25) is 0 Å². The van der Waals surface area contributed by atoms with Gasteiger partial charge in [-0.3, -0.25) is 0 Å². The highest BCUT2D eigenvalue weighted by Gasteiger charge is 2.41. The Morgan fingerprint density at radius 3 is 3.00 bits per heavy atom. The third kappa shape index (κ3) is 3.09. The minimum Gasteiger partial charge on any atom is -0.497 e. The van der Waals surface area contributed by atoms with Crippen molar-refractivity contribution < 1.29 is 14.3 Å². The molecule has 2 saturated heterocycles. The lowest BCUT2D eigenvalue weighted by molar-refractivity contribution is 0.0981. The van der Waals surface area contributed by atoms with Gasteiger partial charge in [-0.05, 0) is 61.8 Å². The van der Waals surface area contributed by atoms with Crippen molar-refractivity contribution in [3.8, 4) is 5.75 Å². The molecular formula is C19H26N2O3. The summed E-state index contributed by atoms with van der Waals surface area (Å²) in [5.74, 6) is 1.30. The first-order valence-electron chi connectivity index (χ1n) is 9.09. The lowest BCUT2D eigenvalue weighted by Gasteiger charge is -2.27. The maximum atomic E-state index is 12.2. The van der Waals surface area contributed by atoms with Crippen LogP contribution in [0.3, 0.4) is 0 Å². The highest BCUT2D eigenvalue weighted by atomic mass is 16.5. The minimum absolute atomic E-state index is 0.0585. The molecule has 1 aromatic carbocycles. The normalized spacial score (nSPS) is 30.7. The first kappa shape index (κ1) is 15.8. The molecule has 4 atom stereocenters. The topological polar surface area (TPSA) is 59.6 Å². The van der Waals surface area contributed by atoms with E-state index in [9.17, 15) is 4.79 Å². The van der Waals surface area contributed by atoms with E-state index in [1.54, 1.807) is 7.11 Å². The molecule has 2 heterocycles. The van der Waals surface area contributed by atoms with Crippen LogP contribution in [0.25, 0.3) is 0 Å². The second-order valence-electron chi connectivity index (χ2n) is 7.22. The highest BCUT2D eigenvalue weighted by Crippen LogP contribution is 2.35. The largest absolute Gasteiger partial charge is 0.497 e. The number of methoxy groups -OCH3 is 1. The van der Waals surface area contributed by atoms with Gasteiger partial charge in [-0.15, -0.1) is 0 Å². The predicted octanol–water partition coefficient (Wildman–Crippen LogP) is 2.73. The summed E-state index contributed by atoms with van der Waals surface area (Å²) in [4.78, 5) is 12.2. The van der Waals surface area contributed by atoms with Gasteiger partial charge >= 0.3 is 6.03 Å². The van der Waals surface area contributed by atoms with Crippen LogP contribution in [-0.2, 0) is 11.2 Å². The van der Waals surface area contributed by atoms with E-state index in [-0.39, 0.29) is 18.2 Å². The average molecular weight is 330 g/mol. The van der Waals surface area contributed by atoms with Crippen LogP contribution >= 0.6 is 0 Å². The summed E-state index contributed by atoms with van der Waals surface area (Å²) in [6, 6.07) is 6.43. The number of carbonyl (C=O) groups is 1. The van der Waals surface area contributed by atoms with Crippen molar-refractivity contribution in [1.82, 2.24) is 10.6 Å². The molecule has 3 aliphatic rings. The fourth-order valence-electron chi connectivity index (χ4n) is 4.46. The molecule has 4 unspecified atom stereocenters. The number of carbonyl (C=O) groups excluding carboxylic acids is 1. The van der Waals surface area contributed by atoms with E-state index in [2.05, 4.69) is 22.8 Å². The third-order valence-corrected chi connectivity index (χ3v) is 5.72. The van der Waals surface area contributed by atoms with Crippen LogP contribution in [0.2, 0.25) is 0 Å². The van der Waals surface area contributed by atoms with Crippen LogP contribution in [0.5, 0.6) is 5.75 Å². The van der Waals surface area contributed by atoms with Crippen molar-refractivity contribution in [1.29, 1.82) is 0 Å². The van der Waals surface area contributed by atoms with Crippen molar-refractivity contribution >= 4 is 6.03 Å². The van der Waals surface area contributed by atoms with Gasteiger partial charge in [-0.2, -0.15) is 0 Å². The molecule has 0 saturated carbocycles. The van der Waals surface area contributed by atoms with Gasteiger partial charge in [0, 0.05) is 12.5 Å². The van der Waals surface area contributed by atoms with Gasteiger partial charge in [0.25, 0.3) is 0 Å². The Kier molecular flexibility index (Phi) is 4.35. The maximum Gasteiger partial charge on any atom is 0.315 e. The van der Waals surface area contributed by atoms with Gasteiger partial charge in [0.1, 0.15) is 5.75 Å². The van der Waals surface area contributed by atoms with E-state index in [1.807, 2.05) is 6.07 Å². The van der Waals surface area contributed by atoms with Gasteiger partial charge in [-0.1, -0.05) is 6.07 Å². The SMILES string of the molecule is COc1ccc2c(c1)CCCC2CNC(=O)NC1CC2CCC1O2. The molecule has 24 heavy (non-hydrogen) atoms. The quantitative estimate of drug-likeness (QED) is 0.892. The van der Waals surface area contributed by atoms with Crippen molar-refractivity contribution in [3.63, 3.8) is 0 Å². The number of hydrogen-bond acceptors (Lipinski definition) is 3. The lowest BCUT2D eigenvalue weighted by atomic mass is 9.82. The summed E-state index contributed by atoms with van der Waals surface area (Å²) in [6.45, 7) is 0.687. The summed E-state index contributed by atoms with van der Waals surface area (Å²) in [7, 11) is 1.70. The first-order valence-corrected chi connectivity index (χ1v) is 9.09. The summed E-state index contributed by atoms with van der Waals surface area (Å²) in [5, 5.41) is 6.17. The summed E-state index contributed by atoms with van der Waals surface area (Å²) < 4.78 is 11.1. The predicted molar refractivity (Wildman–Crippen MR) is 91.5 cm³/mol. The summed E-state index contributed by atoms with van der Waals surface area (Å²) in [5.41, 5.74) is 2.71. The zero-order valence-corrected chi connectivity index (χ0v) is 14.2. The molecule has 1 aliphatic carbocycles. The number of amides is 2. The molecule has 5 heteroatoms. The van der Waals surface area contributed by atoms with E-state index in [0.29, 0.717) is 18.6 Å². The van der Waals surface area contributed by atoms with E-state index in [0.717, 1.165) is 44.3 Å². The zero-order valence-electron chi connectivity index (χ0n) is 14.2. The van der Waals surface area contributed by atoms with Crippen LogP contribution < -0.4 is 15.4 Å². The van der Waals surface area contributed by atoms with Gasteiger partial charge in [0.15, 0.2) is 0 Å². The van der Waals surface area contributed by atoms with E-state index in [4.69, 9.17) is 9.47 Å². The highest BCUT2D eigenvalue weighted by molar-refractivity contribution is 5.74. The second kappa shape index (κ2) is 6.63. The summed E-state index contributed by atoms with van der Waals surface area (Å²) >= 11 is 0. The van der Waals surface area contributed by atoms with Crippen molar-refractivity contribution in [2.45, 2.75) is 62.7 Å². The minimum atomic E-state index is -0.0585. The smallest absolute Gasteiger partial charge is 0.315 e. The monoisotopic (exact) mass is 330 g/mol. The van der Waals surface area contributed by atoms with Crippen LogP contribution in [0.1, 0.15) is 49.1 Å². The maximum absolute atomic E-state index is 12.2. The Morgan fingerprint density at radius 2 is 2.25 bits per heavy atom. The fourth-order valence-corrected chi connectivity index (χ4v) is 4.46. The fraction of sp³-hybridized carbons (Fsp3) is 0.632. The third-order valence-electron chi connectivity index (χ3n) is 5.72. The molecule has 1 aromatic rings.